The molecule has 0 aliphatic carbocycles. The number of hydrogen-bond donors (Lipinski definition) is 0. The predicted molar refractivity (Wildman–Crippen MR) is 128 cm³/mol. The fraction of sp³-hybridized carbons (Fsp3) is 0.600. The lowest BCUT2D eigenvalue weighted by Crippen LogP contribution is -1.58. The van der Waals surface area contributed by atoms with Crippen molar-refractivity contribution in [2.75, 3.05) is 0 Å². The van der Waals surface area contributed by atoms with Crippen molar-refractivity contribution >= 4 is 0 Å². The van der Waals surface area contributed by atoms with Crippen molar-refractivity contribution < 1.29 is 0 Å². The molecule has 0 saturated carbocycles. The molecule has 0 rings (SSSR count). The molecule has 0 heteroatoms. The highest BCUT2D eigenvalue weighted by molar-refractivity contribution is 4.89. The van der Waals surface area contributed by atoms with Gasteiger partial charge in [0.1, 0.15) is 0 Å². The van der Waals surface area contributed by atoms with Gasteiger partial charge in [-0.3, -0.25) is 0 Å². The molecule has 0 nitrogen and oxygen atoms in total. The molecule has 0 atom stereocenters. The Morgan fingerprint density at radius 1 is 0.640 bits per heavy atom. The normalized spacial score (nSPS) is 6.60. The Balaban J connectivity index is -0.0000000444. The Hall–Kier alpha value is -1.30. The molecule has 0 aliphatic heterocycles. The molecule has 0 N–H and O–H groups in total. The van der Waals surface area contributed by atoms with Gasteiger partial charge in [-0.05, 0) is 75.2 Å². The zero-order valence-corrected chi connectivity index (χ0v) is 20.3. The highest BCUT2D eigenvalue weighted by Gasteiger charge is 1.68. The smallest absolute Gasteiger partial charge is 0.0354 e. The summed E-state index contributed by atoms with van der Waals surface area (Å²) in [5.74, 6) is 0. The molecule has 0 aromatic rings. The summed E-state index contributed by atoms with van der Waals surface area (Å²) in [6, 6.07) is 0. The van der Waals surface area contributed by atoms with Gasteiger partial charge in [-0.25, -0.2) is 0 Å². The van der Waals surface area contributed by atoms with E-state index in [0.29, 0.717) is 0 Å². The van der Waals surface area contributed by atoms with Crippen LogP contribution in [0.25, 0.3) is 0 Å². The lowest BCUT2D eigenvalue weighted by atomic mass is 10.3. The van der Waals surface area contributed by atoms with Crippen LogP contribution < -0.4 is 0 Å². The molecule has 0 fully saturated rings. The minimum Gasteiger partial charge on any atom is -0.103 e. The van der Waals surface area contributed by atoms with E-state index in [1.807, 2.05) is 48.5 Å². The SMILES string of the molecule is C=C(C)CC.C=C(C)CC.C=CC.CC.CC=C(C)C.CC=C(C)C. The van der Waals surface area contributed by atoms with E-state index in [1.54, 1.807) is 6.08 Å². The minimum atomic E-state index is 1.11. The summed E-state index contributed by atoms with van der Waals surface area (Å²) in [5.41, 5.74) is 5.27. The summed E-state index contributed by atoms with van der Waals surface area (Å²) in [5, 5.41) is 0. The van der Waals surface area contributed by atoms with Gasteiger partial charge < -0.3 is 0 Å². The van der Waals surface area contributed by atoms with Gasteiger partial charge in [0.25, 0.3) is 0 Å². The molecular weight excluding hydrogens is 300 g/mol. The third-order valence-corrected chi connectivity index (χ3v) is 2.36. The average Bonchev–Trinajstić information content (AvgIpc) is 2.58. The quantitative estimate of drug-likeness (QED) is 0.433. The highest BCUT2D eigenvalue weighted by Crippen LogP contribution is 1.89. The van der Waals surface area contributed by atoms with Gasteiger partial charge in [0.2, 0.25) is 0 Å². The summed E-state index contributed by atoms with van der Waals surface area (Å²) < 4.78 is 0. The van der Waals surface area contributed by atoms with Gasteiger partial charge in [-0.1, -0.05) is 68.2 Å². The van der Waals surface area contributed by atoms with E-state index in [2.05, 4.69) is 73.4 Å². The molecule has 0 unspecified atom stereocenters. The fourth-order valence-electron chi connectivity index (χ4n) is 0. The van der Waals surface area contributed by atoms with Crippen LogP contribution in [0.2, 0.25) is 0 Å². The number of allylic oxidation sites excluding steroid dienone is 7. The maximum Gasteiger partial charge on any atom is -0.0354 e. The second kappa shape index (κ2) is 43.4. The molecular formula is C25H52. The zero-order valence-electron chi connectivity index (χ0n) is 20.3. The first kappa shape index (κ1) is 39.0. The fourth-order valence-corrected chi connectivity index (χ4v) is 0. The van der Waals surface area contributed by atoms with E-state index in [4.69, 9.17) is 0 Å². The number of hydrogen-bond acceptors (Lipinski definition) is 0. The Labute approximate surface area is 163 Å². The summed E-state index contributed by atoms with van der Waals surface area (Å²) in [4.78, 5) is 0. The van der Waals surface area contributed by atoms with E-state index in [9.17, 15) is 0 Å². The van der Waals surface area contributed by atoms with Gasteiger partial charge in [0, 0.05) is 0 Å². The summed E-state index contributed by atoms with van der Waals surface area (Å²) in [6.45, 7) is 37.3. The second-order valence-electron chi connectivity index (χ2n) is 5.76. The van der Waals surface area contributed by atoms with Gasteiger partial charge in [0.05, 0.1) is 0 Å². The van der Waals surface area contributed by atoms with E-state index in [0.717, 1.165) is 12.8 Å². The van der Waals surface area contributed by atoms with E-state index >= 15 is 0 Å². The second-order valence-corrected chi connectivity index (χ2v) is 5.76. The molecule has 0 amide bonds. The summed E-state index contributed by atoms with van der Waals surface area (Å²) in [6.07, 6.45) is 8.14. The van der Waals surface area contributed by atoms with Crippen molar-refractivity contribution in [3.8, 4) is 0 Å². The molecule has 0 radical (unpaired) electrons. The van der Waals surface area contributed by atoms with Crippen molar-refractivity contribution in [1.82, 2.24) is 0 Å². The molecule has 0 saturated heterocycles. The first-order chi connectivity index (χ1) is 11.5. The Kier molecular flexibility index (Phi) is 67.6. The van der Waals surface area contributed by atoms with Gasteiger partial charge >= 0.3 is 0 Å². The topological polar surface area (TPSA) is 0 Å². The standard InChI is InChI=1S/4C5H10.C3H6.C2H6/c4*1-4-5(2)3;1-3-2;1-2/h2*4H,1-3H3;2*2,4H2,1,3H3;3H,1H2,2H3;1-2H3. The first-order valence-electron chi connectivity index (χ1n) is 9.55. The van der Waals surface area contributed by atoms with Crippen LogP contribution in [-0.4, -0.2) is 0 Å². The van der Waals surface area contributed by atoms with E-state index in [-0.39, 0.29) is 0 Å². The monoisotopic (exact) mass is 352 g/mol. The molecule has 0 heterocycles. The van der Waals surface area contributed by atoms with E-state index < -0.39 is 0 Å². The maximum atomic E-state index is 3.67. The van der Waals surface area contributed by atoms with Crippen LogP contribution in [0, 0.1) is 0 Å². The molecule has 0 bridgehead atoms. The van der Waals surface area contributed by atoms with Gasteiger partial charge in [-0.2, -0.15) is 0 Å². The van der Waals surface area contributed by atoms with Crippen molar-refractivity contribution in [1.29, 1.82) is 0 Å². The third-order valence-electron chi connectivity index (χ3n) is 2.36. The Morgan fingerprint density at radius 2 is 0.720 bits per heavy atom. The molecule has 0 spiro atoms. The van der Waals surface area contributed by atoms with Crippen LogP contribution in [0.4, 0.5) is 0 Å². The predicted octanol–water partition coefficient (Wildman–Crippen LogP) is 10.1. The van der Waals surface area contributed by atoms with Crippen LogP contribution >= 0.6 is 0 Å². The summed E-state index contributed by atoms with van der Waals surface area (Å²) in [7, 11) is 0. The molecule has 152 valence electrons. The lowest BCUT2D eigenvalue weighted by molar-refractivity contribution is 1.11. The zero-order chi connectivity index (χ0) is 21.8. The average molecular weight is 353 g/mol. The molecule has 0 aromatic heterocycles. The third kappa shape index (κ3) is 217. The Bertz CT molecular complexity index is 273. The first-order valence-corrected chi connectivity index (χ1v) is 9.55. The van der Waals surface area contributed by atoms with Crippen LogP contribution in [0.5, 0.6) is 0 Å². The summed E-state index contributed by atoms with van der Waals surface area (Å²) >= 11 is 0. The highest BCUT2D eigenvalue weighted by atomic mass is 13.8. The van der Waals surface area contributed by atoms with Crippen LogP contribution in [0.3, 0.4) is 0 Å². The van der Waals surface area contributed by atoms with Crippen LogP contribution in [-0.2, 0) is 0 Å². The number of rotatable bonds is 2. The largest absolute Gasteiger partial charge is 0.103 e. The van der Waals surface area contributed by atoms with Crippen molar-refractivity contribution in [3.63, 3.8) is 0 Å². The molecule has 0 aromatic carbocycles. The maximum absolute atomic E-state index is 3.67. The van der Waals surface area contributed by atoms with Crippen LogP contribution in [0.15, 0.2) is 60.3 Å². The van der Waals surface area contributed by atoms with Crippen molar-refractivity contribution in [2.45, 2.75) is 103 Å². The lowest BCUT2D eigenvalue weighted by Gasteiger charge is -1.79. The van der Waals surface area contributed by atoms with Gasteiger partial charge in [-0.15, -0.1) is 19.7 Å². The molecule has 0 aliphatic rings. The Morgan fingerprint density at radius 3 is 0.720 bits per heavy atom. The molecule has 25 heavy (non-hydrogen) atoms. The minimum absolute atomic E-state index is 1.11. The van der Waals surface area contributed by atoms with Crippen molar-refractivity contribution in [2.24, 2.45) is 0 Å². The van der Waals surface area contributed by atoms with Gasteiger partial charge in [0.15, 0.2) is 0 Å². The van der Waals surface area contributed by atoms with Crippen molar-refractivity contribution in [3.05, 3.63) is 60.3 Å². The van der Waals surface area contributed by atoms with E-state index in [1.165, 1.54) is 22.3 Å². The van der Waals surface area contributed by atoms with Crippen LogP contribution in [0.1, 0.15) is 103 Å².